The summed E-state index contributed by atoms with van der Waals surface area (Å²) in [5.74, 6) is 2.78. The zero-order chi connectivity index (χ0) is 22.8. The Hall–Kier alpha value is -3.45. The Morgan fingerprint density at radius 1 is 0.969 bits per heavy atom. The number of furan rings is 1. The van der Waals surface area contributed by atoms with Crippen LogP contribution >= 0.6 is 12.4 Å². The lowest BCUT2D eigenvalue weighted by Crippen LogP contribution is -2.14. The molecular weight excluding hydrogens is 464 g/mol. The van der Waals surface area contributed by atoms with Crippen LogP contribution in [-0.2, 0) is 17.1 Å². The van der Waals surface area contributed by atoms with E-state index in [0.29, 0.717) is 0 Å². The number of hydrogen-bond donors (Lipinski definition) is 0. The molecule has 0 fully saturated rings. The number of alkyl halides is 6. The maximum atomic E-state index is 13.7. The van der Waals surface area contributed by atoms with E-state index in [1.54, 1.807) is 0 Å². The van der Waals surface area contributed by atoms with Crippen LogP contribution < -0.4 is 0 Å². The van der Waals surface area contributed by atoms with Crippen molar-refractivity contribution in [2.24, 2.45) is 0 Å². The van der Waals surface area contributed by atoms with E-state index in [4.69, 9.17) is 4.42 Å². The molecule has 0 bridgehead atoms. The van der Waals surface area contributed by atoms with Crippen molar-refractivity contribution >= 4 is 18.4 Å². The normalized spacial score (nSPS) is 11.2. The number of halogens is 7. The van der Waals surface area contributed by atoms with Gasteiger partial charge in [0.1, 0.15) is 11.3 Å². The van der Waals surface area contributed by atoms with Crippen LogP contribution in [-0.4, -0.2) is 18.1 Å². The largest absolute Gasteiger partial charge is 0.465 e. The molecule has 32 heavy (non-hydrogen) atoms. The summed E-state index contributed by atoms with van der Waals surface area (Å²) in [7, 11) is 0.975. The Bertz CT molecular complexity index is 1170. The van der Waals surface area contributed by atoms with Gasteiger partial charge < -0.3 is 9.15 Å². The first-order valence-corrected chi connectivity index (χ1v) is 8.43. The molecule has 0 saturated carbocycles. The lowest BCUT2D eigenvalue weighted by atomic mass is 9.94. The standard InChI is InChI=1S/C21H11F6NO3.ClH/c1-30-19(29)14-6-9-31-18(14)15-11-16(20(22,23)24)13(10-17(15)21(25,26)27)3-2-12-4-7-28-8-5-12;/h4-11H,1H3;1H. The zero-order valence-electron chi connectivity index (χ0n) is 16.0. The first-order valence-electron chi connectivity index (χ1n) is 8.43. The Morgan fingerprint density at radius 3 is 2.16 bits per heavy atom. The second-order valence-corrected chi connectivity index (χ2v) is 6.08. The van der Waals surface area contributed by atoms with Crippen LogP contribution in [0.15, 0.2) is 53.4 Å². The number of aromatic nitrogens is 1. The molecule has 11 heteroatoms. The molecule has 3 aromatic rings. The third-order valence-electron chi connectivity index (χ3n) is 4.11. The van der Waals surface area contributed by atoms with Crippen LogP contribution in [0.25, 0.3) is 11.3 Å². The molecule has 0 amide bonds. The number of esters is 1. The molecule has 0 N–H and O–H groups in total. The molecule has 0 radical (unpaired) electrons. The molecule has 2 heterocycles. The van der Waals surface area contributed by atoms with E-state index in [0.717, 1.165) is 19.4 Å². The third kappa shape index (κ3) is 5.23. The smallest absolute Gasteiger partial charge is 0.417 e. The minimum atomic E-state index is -5.06. The molecule has 1 aromatic carbocycles. The molecule has 0 unspecified atom stereocenters. The van der Waals surface area contributed by atoms with Crippen molar-refractivity contribution in [3.63, 3.8) is 0 Å². The predicted molar refractivity (Wildman–Crippen MR) is 103 cm³/mol. The van der Waals surface area contributed by atoms with Crippen molar-refractivity contribution in [1.82, 2.24) is 4.98 Å². The van der Waals surface area contributed by atoms with Crippen LogP contribution in [0.4, 0.5) is 26.3 Å². The van der Waals surface area contributed by atoms with Gasteiger partial charge in [-0.1, -0.05) is 11.8 Å². The number of methoxy groups -OCH3 is 1. The number of benzene rings is 1. The zero-order valence-corrected chi connectivity index (χ0v) is 16.8. The molecule has 168 valence electrons. The van der Waals surface area contributed by atoms with Crippen molar-refractivity contribution in [1.29, 1.82) is 0 Å². The maximum Gasteiger partial charge on any atom is 0.417 e. The Kier molecular flexibility index (Phi) is 7.26. The van der Waals surface area contributed by atoms with E-state index >= 15 is 0 Å². The first-order chi connectivity index (χ1) is 14.5. The van der Waals surface area contributed by atoms with Gasteiger partial charge in [0.2, 0.25) is 0 Å². The second kappa shape index (κ2) is 9.36. The van der Waals surface area contributed by atoms with Crippen LogP contribution in [0.2, 0.25) is 0 Å². The molecule has 0 aliphatic rings. The quantitative estimate of drug-likeness (QED) is 0.260. The van der Waals surface area contributed by atoms with Gasteiger partial charge in [0.05, 0.1) is 24.5 Å². The topological polar surface area (TPSA) is 52.3 Å². The summed E-state index contributed by atoms with van der Waals surface area (Å²) in [5, 5.41) is 0. The van der Waals surface area contributed by atoms with E-state index in [1.165, 1.54) is 24.5 Å². The summed E-state index contributed by atoms with van der Waals surface area (Å²) in [5.41, 5.74) is -4.88. The second-order valence-electron chi connectivity index (χ2n) is 6.08. The highest BCUT2D eigenvalue weighted by molar-refractivity contribution is 5.96. The summed E-state index contributed by atoms with van der Waals surface area (Å²) in [6, 6.07) is 4.35. The fraction of sp³-hybridized carbons (Fsp3) is 0.143. The van der Waals surface area contributed by atoms with Crippen molar-refractivity contribution in [3.8, 4) is 23.2 Å². The van der Waals surface area contributed by atoms with Crippen LogP contribution in [0.5, 0.6) is 0 Å². The van der Waals surface area contributed by atoms with Crippen LogP contribution in [0.1, 0.15) is 32.6 Å². The number of carbonyl (C=O) groups excluding carboxylic acids is 1. The summed E-state index contributed by atoms with van der Waals surface area (Å²) in [6.45, 7) is 0. The van der Waals surface area contributed by atoms with E-state index in [1.807, 2.05) is 0 Å². The highest BCUT2D eigenvalue weighted by atomic mass is 35.5. The maximum absolute atomic E-state index is 13.7. The van der Waals surface area contributed by atoms with Gasteiger partial charge in [0.15, 0.2) is 0 Å². The van der Waals surface area contributed by atoms with Gasteiger partial charge in [0.25, 0.3) is 0 Å². The minimum Gasteiger partial charge on any atom is -0.465 e. The Morgan fingerprint density at radius 2 is 1.59 bits per heavy atom. The van der Waals surface area contributed by atoms with E-state index in [2.05, 4.69) is 21.6 Å². The minimum absolute atomic E-state index is 0. The van der Waals surface area contributed by atoms with Crippen molar-refractivity contribution in [2.75, 3.05) is 7.11 Å². The molecule has 3 rings (SSSR count). The first kappa shape index (κ1) is 24.8. The molecular formula is C21H12ClF6NO3. The summed E-state index contributed by atoms with van der Waals surface area (Å²) >= 11 is 0. The predicted octanol–water partition coefficient (Wildman–Crippen LogP) is 5.99. The van der Waals surface area contributed by atoms with Crippen LogP contribution in [0.3, 0.4) is 0 Å². The van der Waals surface area contributed by atoms with Gasteiger partial charge >= 0.3 is 18.3 Å². The summed E-state index contributed by atoms with van der Waals surface area (Å²) < 4.78 is 91.6. The molecule has 0 aliphatic carbocycles. The number of rotatable bonds is 2. The number of nitrogens with zero attached hydrogens (tertiary/aromatic N) is 1. The molecule has 2 aromatic heterocycles. The fourth-order valence-electron chi connectivity index (χ4n) is 2.72. The van der Waals surface area contributed by atoms with E-state index < -0.39 is 51.9 Å². The van der Waals surface area contributed by atoms with Crippen LogP contribution in [0, 0.1) is 11.8 Å². The molecule has 0 atom stereocenters. The number of pyridine rings is 1. The summed E-state index contributed by atoms with van der Waals surface area (Å²) in [6.07, 6.45) is -6.54. The highest BCUT2D eigenvalue weighted by Crippen LogP contribution is 2.43. The van der Waals surface area contributed by atoms with Gasteiger partial charge in [-0.05, 0) is 30.3 Å². The lowest BCUT2D eigenvalue weighted by Gasteiger charge is -2.17. The molecule has 0 aliphatic heterocycles. The third-order valence-corrected chi connectivity index (χ3v) is 4.11. The number of hydrogen-bond acceptors (Lipinski definition) is 4. The van der Waals surface area contributed by atoms with Gasteiger partial charge in [-0.3, -0.25) is 4.98 Å². The van der Waals surface area contributed by atoms with Crippen molar-refractivity contribution < 1.29 is 40.3 Å². The lowest BCUT2D eigenvalue weighted by molar-refractivity contribution is -0.141. The average Bonchev–Trinajstić information content (AvgIpc) is 3.20. The van der Waals surface area contributed by atoms with E-state index in [-0.39, 0.29) is 30.1 Å². The molecule has 4 nitrogen and oxygen atoms in total. The van der Waals surface area contributed by atoms with Gasteiger partial charge in [0, 0.05) is 29.1 Å². The Balaban J connectivity index is 0.00000363. The van der Waals surface area contributed by atoms with Crippen molar-refractivity contribution in [3.05, 3.63) is 76.8 Å². The van der Waals surface area contributed by atoms with Gasteiger partial charge in [-0.2, -0.15) is 26.3 Å². The SMILES string of the molecule is COC(=O)c1ccoc1-c1cc(C(F)(F)F)c(C#Cc2ccncc2)cc1C(F)(F)F.Cl. The number of ether oxygens (including phenoxy) is 1. The average molecular weight is 476 g/mol. The van der Waals surface area contributed by atoms with Crippen molar-refractivity contribution in [2.45, 2.75) is 12.4 Å². The Labute approximate surface area is 183 Å². The summed E-state index contributed by atoms with van der Waals surface area (Å²) in [4.78, 5) is 15.6. The van der Waals surface area contributed by atoms with E-state index in [9.17, 15) is 31.1 Å². The molecule has 0 saturated heterocycles. The highest BCUT2D eigenvalue weighted by Gasteiger charge is 2.41. The fourth-order valence-corrected chi connectivity index (χ4v) is 2.72. The van der Waals surface area contributed by atoms with Gasteiger partial charge in [-0.15, -0.1) is 12.4 Å². The monoisotopic (exact) mass is 475 g/mol. The van der Waals surface area contributed by atoms with Gasteiger partial charge in [-0.25, -0.2) is 4.79 Å². The number of carbonyl (C=O) groups is 1. The molecule has 0 spiro atoms.